The van der Waals surface area contributed by atoms with Crippen molar-refractivity contribution in [2.24, 2.45) is 0 Å². The van der Waals surface area contributed by atoms with E-state index in [0.717, 1.165) is 11.3 Å². The van der Waals surface area contributed by atoms with Crippen LogP contribution in [0.1, 0.15) is 47.7 Å². The van der Waals surface area contributed by atoms with E-state index in [0.29, 0.717) is 21.7 Å². The first-order valence-electron chi connectivity index (χ1n) is 8.04. The normalized spacial score (nSPS) is 14.9. The van der Waals surface area contributed by atoms with E-state index in [4.69, 9.17) is 14.2 Å². The molecule has 0 radical (unpaired) electrons. The van der Waals surface area contributed by atoms with Crippen LogP contribution >= 0.6 is 11.3 Å². The smallest absolute Gasteiger partial charge is 0.348 e. The number of ether oxygens (including phenoxy) is 3. The van der Waals surface area contributed by atoms with Gasteiger partial charge in [0.2, 0.25) is 6.23 Å². The van der Waals surface area contributed by atoms with Gasteiger partial charge in [-0.15, -0.1) is 11.3 Å². The largest absolute Gasteiger partial charge is 0.465 e. The van der Waals surface area contributed by atoms with Gasteiger partial charge in [0.15, 0.2) is 0 Å². The zero-order valence-electron chi connectivity index (χ0n) is 14.7. The first-order valence-corrected chi connectivity index (χ1v) is 8.85. The van der Waals surface area contributed by atoms with Crippen molar-refractivity contribution in [2.75, 3.05) is 19.0 Å². The van der Waals surface area contributed by atoms with Crippen LogP contribution < -0.4 is 5.32 Å². The van der Waals surface area contributed by atoms with Crippen molar-refractivity contribution in [2.45, 2.75) is 13.2 Å². The quantitative estimate of drug-likeness (QED) is 0.461. The summed E-state index contributed by atoms with van der Waals surface area (Å²) >= 11 is 1.04. The summed E-state index contributed by atoms with van der Waals surface area (Å²) in [6, 6.07) is 6.95. The maximum Gasteiger partial charge on any atom is 0.348 e. The van der Waals surface area contributed by atoms with Crippen molar-refractivity contribution < 1.29 is 28.6 Å². The third-order valence-corrected chi connectivity index (χ3v) is 5.21. The van der Waals surface area contributed by atoms with Gasteiger partial charge in [0.05, 0.1) is 18.2 Å². The highest BCUT2D eigenvalue weighted by molar-refractivity contribution is 7.18. The number of esters is 3. The fourth-order valence-corrected chi connectivity index (χ4v) is 3.84. The first-order chi connectivity index (χ1) is 13.0. The molecule has 0 aliphatic carbocycles. The van der Waals surface area contributed by atoms with Gasteiger partial charge in [-0.25, -0.2) is 14.4 Å². The molecule has 1 aliphatic rings. The summed E-state index contributed by atoms with van der Waals surface area (Å²) in [6.07, 6.45) is 0.683. The van der Waals surface area contributed by atoms with Crippen LogP contribution in [0.5, 0.6) is 0 Å². The van der Waals surface area contributed by atoms with E-state index in [-0.39, 0.29) is 17.0 Å². The summed E-state index contributed by atoms with van der Waals surface area (Å²) in [5.41, 5.74) is 1.74. The molecule has 1 aromatic heterocycles. The van der Waals surface area contributed by atoms with E-state index >= 15 is 0 Å². The molecule has 140 valence electrons. The van der Waals surface area contributed by atoms with Crippen molar-refractivity contribution in [1.82, 2.24) is 0 Å². The summed E-state index contributed by atoms with van der Waals surface area (Å²) < 4.78 is 15.3. The Labute approximate surface area is 159 Å². The Morgan fingerprint density at radius 3 is 2.78 bits per heavy atom. The number of anilines is 1. The van der Waals surface area contributed by atoms with Gasteiger partial charge in [0, 0.05) is 5.56 Å². The third kappa shape index (κ3) is 3.43. The van der Waals surface area contributed by atoms with Gasteiger partial charge in [0.1, 0.15) is 16.5 Å². The number of carbonyl (C=O) groups excluding carboxylic acids is 3. The van der Waals surface area contributed by atoms with Gasteiger partial charge < -0.3 is 19.5 Å². The predicted octanol–water partition coefficient (Wildman–Crippen LogP) is 3.47. The summed E-state index contributed by atoms with van der Waals surface area (Å²) in [4.78, 5) is 36.8. The molecule has 0 saturated heterocycles. The summed E-state index contributed by atoms with van der Waals surface area (Å²) in [7, 11) is 1.25. The van der Waals surface area contributed by atoms with Gasteiger partial charge in [-0.1, -0.05) is 30.9 Å². The zero-order chi connectivity index (χ0) is 19.6. The lowest BCUT2D eigenvalue weighted by molar-refractivity contribution is 0.0437. The predicted molar refractivity (Wildman–Crippen MR) is 99.1 cm³/mol. The molecule has 1 aromatic carbocycles. The van der Waals surface area contributed by atoms with Crippen molar-refractivity contribution in [3.8, 4) is 0 Å². The Morgan fingerprint density at radius 2 is 2.07 bits per heavy atom. The van der Waals surface area contributed by atoms with E-state index < -0.39 is 24.1 Å². The van der Waals surface area contributed by atoms with Crippen LogP contribution in [-0.4, -0.2) is 31.6 Å². The van der Waals surface area contributed by atoms with Crippen molar-refractivity contribution in [1.29, 1.82) is 0 Å². The molecule has 1 aliphatic heterocycles. The van der Waals surface area contributed by atoms with Gasteiger partial charge in [-0.05, 0) is 18.6 Å². The molecule has 0 amide bonds. The van der Waals surface area contributed by atoms with E-state index in [9.17, 15) is 14.4 Å². The Balaban J connectivity index is 1.97. The molecule has 8 heteroatoms. The number of nitrogens with one attached hydrogen (secondary N) is 1. The Bertz CT molecular complexity index is 932. The van der Waals surface area contributed by atoms with Crippen LogP contribution in [-0.2, 0) is 14.2 Å². The number of cyclic esters (lactones) is 1. The maximum atomic E-state index is 12.3. The third-order valence-electron chi connectivity index (χ3n) is 4.00. The monoisotopic (exact) mass is 387 g/mol. The molecule has 1 N–H and O–H groups in total. The molecule has 27 heavy (non-hydrogen) atoms. The number of thiophene rings is 1. The number of hydrogen-bond donors (Lipinski definition) is 1. The van der Waals surface area contributed by atoms with E-state index in [1.807, 2.05) is 0 Å². The Kier molecular flexibility index (Phi) is 5.27. The standard InChI is InChI=1S/C19H17NO6S/c1-4-9-25-19(23)14-10(2)13(18(22)24-3)16(27-14)20-15-11-7-5-6-8-12(11)17(21)26-15/h4-8,15,20H,1,9H2,2-3H3/t15-/m0/s1. The lowest BCUT2D eigenvalue weighted by Crippen LogP contribution is -2.13. The van der Waals surface area contributed by atoms with Crippen LogP contribution in [0.25, 0.3) is 0 Å². The lowest BCUT2D eigenvalue weighted by atomic mass is 10.1. The van der Waals surface area contributed by atoms with Crippen LogP contribution in [0, 0.1) is 6.92 Å². The summed E-state index contributed by atoms with van der Waals surface area (Å²) in [6.45, 7) is 5.19. The zero-order valence-corrected chi connectivity index (χ0v) is 15.6. The molecule has 3 rings (SSSR count). The molecular weight excluding hydrogens is 370 g/mol. The minimum Gasteiger partial charge on any atom is -0.465 e. The molecule has 7 nitrogen and oxygen atoms in total. The van der Waals surface area contributed by atoms with Crippen molar-refractivity contribution in [3.63, 3.8) is 0 Å². The highest BCUT2D eigenvalue weighted by Crippen LogP contribution is 2.39. The molecular formula is C19H17NO6S. The van der Waals surface area contributed by atoms with Crippen molar-refractivity contribution in [3.05, 3.63) is 64.1 Å². The van der Waals surface area contributed by atoms with E-state index in [1.165, 1.54) is 13.2 Å². The second-order valence-corrected chi connectivity index (χ2v) is 6.68. The van der Waals surface area contributed by atoms with E-state index in [1.54, 1.807) is 31.2 Å². The van der Waals surface area contributed by atoms with Crippen molar-refractivity contribution >= 4 is 34.2 Å². The van der Waals surface area contributed by atoms with Crippen LogP contribution in [0.4, 0.5) is 5.00 Å². The molecule has 0 saturated carbocycles. The second-order valence-electron chi connectivity index (χ2n) is 5.66. The Hall–Kier alpha value is -3.13. The average molecular weight is 387 g/mol. The lowest BCUT2D eigenvalue weighted by Gasteiger charge is -2.14. The van der Waals surface area contributed by atoms with Gasteiger partial charge in [0.25, 0.3) is 0 Å². The van der Waals surface area contributed by atoms with E-state index in [2.05, 4.69) is 11.9 Å². The molecule has 2 heterocycles. The molecule has 0 bridgehead atoms. The highest BCUT2D eigenvalue weighted by Gasteiger charge is 2.33. The molecule has 0 spiro atoms. The molecule has 1 atom stereocenters. The minimum atomic E-state index is -0.771. The Morgan fingerprint density at radius 1 is 1.33 bits per heavy atom. The van der Waals surface area contributed by atoms with Crippen LogP contribution in [0.2, 0.25) is 0 Å². The number of hydrogen-bond acceptors (Lipinski definition) is 8. The molecule has 2 aromatic rings. The molecule has 0 fully saturated rings. The summed E-state index contributed by atoms with van der Waals surface area (Å²) in [5, 5.41) is 3.39. The topological polar surface area (TPSA) is 90.9 Å². The molecule has 0 unspecified atom stereocenters. The fraction of sp³-hybridized carbons (Fsp3) is 0.211. The highest BCUT2D eigenvalue weighted by atomic mass is 32.1. The van der Waals surface area contributed by atoms with Gasteiger partial charge in [-0.3, -0.25) is 0 Å². The number of rotatable bonds is 6. The van der Waals surface area contributed by atoms with Gasteiger partial charge in [-0.2, -0.15) is 0 Å². The van der Waals surface area contributed by atoms with Crippen LogP contribution in [0.15, 0.2) is 36.9 Å². The summed E-state index contributed by atoms with van der Waals surface area (Å²) in [5.74, 6) is -1.63. The number of methoxy groups -OCH3 is 1. The fourth-order valence-electron chi connectivity index (χ4n) is 2.73. The maximum absolute atomic E-state index is 12.3. The van der Waals surface area contributed by atoms with Crippen LogP contribution in [0.3, 0.4) is 0 Å². The SMILES string of the molecule is C=CCOC(=O)c1sc(N[C@H]2OC(=O)c3ccccc32)c(C(=O)OC)c1C. The second kappa shape index (κ2) is 7.63. The first kappa shape index (κ1) is 18.7. The number of fused-ring (bicyclic) bond motifs is 1. The number of carbonyl (C=O) groups is 3. The van der Waals surface area contributed by atoms with Gasteiger partial charge >= 0.3 is 17.9 Å². The minimum absolute atomic E-state index is 0.0557. The average Bonchev–Trinajstić information content (AvgIpc) is 3.17. The number of benzene rings is 1.